The van der Waals surface area contributed by atoms with Crippen molar-refractivity contribution in [2.24, 2.45) is 4.99 Å². The SMILES string of the molecule is O=C1C(=Cc2ccccc2)NC(=NC2CCCCC2)N1c1cccc(Cl)c1. The van der Waals surface area contributed by atoms with E-state index in [1.807, 2.05) is 48.5 Å². The molecule has 0 unspecified atom stereocenters. The van der Waals surface area contributed by atoms with Crippen LogP contribution in [0.5, 0.6) is 0 Å². The summed E-state index contributed by atoms with van der Waals surface area (Å²) >= 11 is 6.16. The second-order valence-corrected chi connectivity index (χ2v) is 7.40. The van der Waals surface area contributed by atoms with Crippen molar-refractivity contribution in [2.75, 3.05) is 4.90 Å². The third kappa shape index (κ3) is 4.06. The van der Waals surface area contributed by atoms with E-state index in [0.29, 0.717) is 16.7 Å². The van der Waals surface area contributed by atoms with Crippen LogP contribution in [0.4, 0.5) is 5.69 Å². The minimum atomic E-state index is -0.115. The molecule has 1 heterocycles. The van der Waals surface area contributed by atoms with E-state index < -0.39 is 0 Å². The first-order valence-corrected chi connectivity index (χ1v) is 9.80. The predicted molar refractivity (Wildman–Crippen MR) is 111 cm³/mol. The Kier molecular flexibility index (Phi) is 5.26. The van der Waals surface area contributed by atoms with Gasteiger partial charge in [0.2, 0.25) is 5.96 Å². The zero-order chi connectivity index (χ0) is 18.6. The van der Waals surface area contributed by atoms with Gasteiger partial charge in [0.15, 0.2) is 0 Å². The summed E-state index contributed by atoms with van der Waals surface area (Å²) in [6.45, 7) is 0. The molecular weight excluding hydrogens is 358 g/mol. The number of hydrogen-bond donors (Lipinski definition) is 1. The third-order valence-electron chi connectivity index (χ3n) is 4.95. The first-order chi connectivity index (χ1) is 13.2. The first-order valence-electron chi connectivity index (χ1n) is 9.42. The normalized spacial score (nSPS) is 21.1. The van der Waals surface area contributed by atoms with Crippen molar-refractivity contribution in [2.45, 2.75) is 38.1 Å². The maximum absolute atomic E-state index is 13.1. The summed E-state index contributed by atoms with van der Waals surface area (Å²) in [5.41, 5.74) is 2.22. The predicted octanol–water partition coefficient (Wildman–Crippen LogP) is 5.01. The smallest absolute Gasteiger partial charge is 0.281 e. The highest BCUT2D eigenvalue weighted by Crippen LogP contribution is 2.27. The fourth-order valence-corrected chi connectivity index (χ4v) is 3.77. The molecule has 0 radical (unpaired) electrons. The molecule has 4 nitrogen and oxygen atoms in total. The number of rotatable bonds is 3. The molecule has 1 saturated carbocycles. The van der Waals surface area contributed by atoms with E-state index in [2.05, 4.69) is 5.32 Å². The minimum absolute atomic E-state index is 0.115. The second-order valence-electron chi connectivity index (χ2n) is 6.96. The summed E-state index contributed by atoms with van der Waals surface area (Å²) in [5, 5.41) is 3.84. The van der Waals surface area contributed by atoms with Gasteiger partial charge in [-0.2, -0.15) is 0 Å². The Hall–Kier alpha value is -2.59. The molecule has 1 aliphatic heterocycles. The number of carbonyl (C=O) groups excluding carboxylic acids is 1. The molecule has 0 bridgehead atoms. The molecule has 1 N–H and O–H groups in total. The average molecular weight is 380 g/mol. The Morgan fingerprint density at radius 1 is 1.04 bits per heavy atom. The lowest BCUT2D eigenvalue weighted by Gasteiger charge is -2.21. The quantitative estimate of drug-likeness (QED) is 0.762. The van der Waals surface area contributed by atoms with Crippen molar-refractivity contribution < 1.29 is 4.79 Å². The van der Waals surface area contributed by atoms with Crippen LogP contribution in [0.3, 0.4) is 0 Å². The minimum Gasteiger partial charge on any atom is -0.321 e. The van der Waals surface area contributed by atoms with Gasteiger partial charge < -0.3 is 5.32 Å². The van der Waals surface area contributed by atoms with E-state index in [9.17, 15) is 4.79 Å². The van der Waals surface area contributed by atoms with Crippen LogP contribution in [0.1, 0.15) is 37.7 Å². The Bertz CT molecular complexity index is 885. The van der Waals surface area contributed by atoms with Crippen LogP contribution >= 0.6 is 11.6 Å². The Morgan fingerprint density at radius 2 is 1.81 bits per heavy atom. The van der Waals surface area contributed by atoms with Crippen molar-refractivity contribution in [1.29, 1.82) is 0 Å². The van der Waals surface area contributed by atoms with Gasteiger partial charge in [-0.05, 0) is 42.7 Å². The van der Waals surface area contributed by atoms with Gasteiger partial charge in [0.25, 0.3) is 5.91 Å². The zero-order valence-corrected chi connectivity index (χ0v) is 15.8. The number of hydrogen-bond acceptors (Lipinski definition) is 2. The maximum Gasteiger partial charge on any atom is 0.281 e. The van der Waals surface area contributed by atoms with Crippen LogP contribution < -0.4 is 10.2 Å². The van der Waals surface area contributed by atoms with Crippen LogP contribution in [0.25, 0.3) is 6.08 Å². The highest BCUT2D eigenvalue weighted by atomic mass is 35.5. The molecule has 0 aromatic heterocycles. The fraction of sp³-hybridized carbons (Fsp3) is 0.273. The van der Waals surface area contributed by atoms with Gasteiger partial charge in [-0.25, -0.2) is 9.89 Å². The van der Waals surface area contributed by atoms with Gasteiger partial charge in [0.1, 0.15) is 5.70 Å². The zero-order valence-electron chi connectivity index (χ0n) is 15.1. The fourth-order valence-electron chi connectivity index (χ4n) is 3.59. The topological polar surface area (TPSA) is 44.7 Å². The summed E-state index contributed by atoms with van der Waals surface area (Å²) in [6, 6.07) is 17.4. The van der Waals surface area contributed by atoms with Crippen molar-refractivity contribution >= 4 is 35.2 Å². The average Bonchev–Trinajstić information content (AvgIpc) is 2.98. The lowest BCUT2D eigenvalue weighted by atomic mass is 9.96. The molecule has 2 fully saturated rings. The molecular formula is C22H22ClN3O. The van der Waals surface area contributed by atoms with Gasteiger partial charge in [-0.15, -0.1) is 0 Å². The molecule has 4 rings (SSSR count). The number of carbonyl (C=O) groups is 1. The lowest BCUT2D eigenvalue weighted by molar-refractivity contribution is -0.113. The van der Waals surface area contributed by atoms with Crippen LogP contribution in [-0.2, 0) is 4.79 Å². The lowest BCUT2D eigenvalue weighted by Crippen LogP contribution is -2.34. The van der Waals surface area contributed by atoms with Gasteiger partial charge >= 0.3 is 0 Å². The molecule has 0 spiro atoms. The summed E-state index contributed by atoms with van der Waals surface area (Å²) < 4.78 is 0. The van der Waals surface area contributed by atoms with Crippen molar-refractivity contribution in [3.05, 3.63) is 70.9 Å². The number of nitrogens with zero attached hydrogens (tertiary/aromatic N) is 2. The Labute approximate surface area is 164 Å². The summed E-state index contributed by atoms with van der Waals surface area (Å²) in [6.07, 6.45) is 7.66. The molecule has 1 aliphatic carbocycles. The van der Waals surface area contributed by atoms with Crippen molar-refractivity contribution in [1.82, 2.24) is 5.32 Å². The molecule has 1 amide bonds. The van der Waals surface area contributed by atoms with Gasteiger partial charge in [-0.3, -0.25) is 4.79 Å². The van der Waals surface area contributed by atoms with E-state index in [4.69, 9.17) is 16.6 Å². The van der Waals surface area contributed by atoms with Gasteiger partial charge in [-0.1, -0.05) is 67.3 Å². The van der Waals surface area contributed by atoms with Gasteiger partial charge in [0.05, 0.1) is 11.7 Å². The molecule has 5 heteroatoms. The third-order valence-corrected chi connectivity index (χ3v) is 5.18. The number of benzene rings is 2. The van der Waals surface area contributed by atoms with E-state index in [-0.39, 0.29) is 11.9 Å². The monoisotopic (exact) mass is 379 g/mol. The number of amides is 1. The summed E-state index contributed by atoms with van der Waals surface area (Å²) in [5.74, 6) is 0.479. The molecule has 2 aromatic carbocycles. The number of anilines is 1. The largest absolute Gasteiger partial charge is 0.321 e. The first kappa shape index (κ1) is 17.8. The summed E-state index contributed by atoms with van der Waals surface area (Å²) in [7, 11) is 0. The molecule has 0 atom stereocenters. The van der Waals surface area contributed by atoms with Crippen LogP contribution in [0.2, 0.25) is 5.02 Å². The van der Waals surface area contributed by atoms with Crippen LogP contribution in [0.15, 0.2) is 65.3 Å². The van der Waals surface area contributed by atoms with E-state index in [1.54, 1.807) is 17.0 Å². The second kappa shape index (κ2) is 7.97. The number of nitrogens with one attached hydrogen (secondary N) is 1. The number of halogens is 1. The molecule has 138 valence electrons. The summed E-state index contributed by atoms with van der Waals surface area (Å²) in [4.78, 5) is 19.7. The molecule has 27 heavy (non-hydrogen) atoms. The van der Waals surface area contributed by atoms with E-state index in [1.165, 1.54) is 19.3 Å². The van der Waals surface area contributed by atoms with Crippen molar-refractivity contribution in [3.63, 3.8) is 0 Å². The van der Waals surface area contributed by atoms with E-state index in [0.717, 1.165) is 24.1 Å². The number of guanidine groups is 1. The standard InChI is InChI=1S/C22H22ClN3O/c23-17-10-7-13-19(15-17)26-21(27)20(14-16-8-3-1-4-9-16)25-22(26)24-18-11-5-2-6-12-18/h1,3-4,7-10,13-15,18H,2,5-6,11-12H2,(H,24,25). The Balaban J connectivity index is 1.71. The molecule has 1 saturated heterocycles. The highest BCUT2D eigenvalue weighted by Gasteiger charge is 2.34. The van der Waals surface area contributed by atoms with Crippen LogP contribution in [-0.4, -0.2) is 17.9 Å². The van der Waals surface area contributed by atoms with Gasteiger partial charge in [0, 0.05) is 5.02 Å². The molecule has 2 aliphatic rings. The maximum atomic E-state index is 13.1. The Morgan fingerprint density at radius 3 is 2.56 bits per heavy atom. The van der Waals surface area contributed by atoms with Crippen LogP contribution in [0, 0.1) is 0 Å². The van der Waals surface area contributed by atoms with E-state index >= 15 is 0 Å². The number of aliphatic imine (C=N–C) groups is 1. The molecule has 2 aromatic rings. The van der Waals surface area contributed by atoms with Crippen molar-refractivity contribution in [3.8, 4) is 0 Å². The highest BCUT2D eigenvalue weighted by molar-refractivity contribution is 6.32.